The van der Waals surface area contributed by atoms with Gasteiger partial charge in [0.2, 0.25) is 0 Å². The second kappa shape index (κ2) is 6.98. The van der Waals surface area contributed by atoms with Crippen molar-refractivity contribution < 1.29 is 0 Å². The molecule has 0 amide bonds. The summed E-state index contributed by atoms with van der Waals surface area (Å²) < 4.78 is 0. The molecule has 0 aromatic carbocycles. The SMILES string of the molecule is C=C(NC12CC3CC(CC(C3)C1)C2)C12CC3CC(C1)CC(C(=C)NC14CC5CC(CC(C5)C1)C4)(C3)C2. The molecule has 0 unspecified atom stereocenters. The zero-order valence-electron chi connectivity index (χ0n) is 22.8. The Bertz CT molecular complexity index is 842. The van der Waals surface area contributed by atoms with Crippen LogP contribution in [-0.4, -0.2) is 11.1 Å². The van der Waals surface area contributed by atoms with Crippen molar-refractivity contribution in [1.82, 2.24) is 10.6 Å². The van der Waals surface area contributed by atoms with Crippen LogP contribution >= 0.6 is 0 Å². The number of hydrogen-bond donors (Lipinski definition) is 2. The molecule has 2 heteroatoms. The largest absolute Gasteiger partial charge is 0.383 e. The smallest absolute Gasteiger partial charge is 0.0378 e. The van der Waals surface area contributed by atoms with Gasteiger partial charge < -0.3 is 10.6 Å². The first-order valence-electron chi connectivity index (χ1n) is 16.2. The lowest BCUT2D eigenvalue weighted by Gasteiger charge is -2.66. The molecule has 12 aliphatic carbocycles. The Morgan fingerprint density at radius 2 is 0.694 bits per heavy atom. The molecule has 0 aromatic heterocycles. The molecule has 0 aromatic rings. The summed E-state index contributed by atoms with van der Waals surface area (Å²) in [6.07, 6.45) is 26.3. The van der Waals surface area contributed by atoms with Gasteiger partial charge in [-0.3, -0.25) is 0 Å². The van der Waals surface area contributed by atoms with Crippen molar-refractivity contribution >= 4 is 0 Å². The summed E-state index contributed by atoms with van der Waals surface area (Å²) in [4.78, 5) is 0. The maximum absolute atomic E-state index is 4.93. The zero-order valence-corrected chi connectivity index (χ0v) is 22.8. The van der Waals surface area contributed by atoms with Crippen LogP contribution < -0.4 is 10.6 Å². The molecule has 12 bridgehead atoms. The van der Waals surface area contributed by atoms with E-state index in [1.165, 1.54) is 127 Å². The number of allylic oxidation sites excluding steroid dienone is 2. The summed E-state index contributed by atoms with van der Waals surface area (Å²) in [6, 6.07) is 0. The second-order valence-corrected chi connectivity index (χ2v) is 17.1. The van der Waals surface area contributed by atoms with E-state index in [0.717, 1.165) is 47.3 Å². The highest BCUT2D eigenvalue weighted by molar-refractivity contribution is 5.28. The van der Waals surface area contributed by atoms with E-state index in [1.54, 1.807) is 0 Å². The number of hydrogen-bond acceptors (Lipinski definition) is 2. The van der Waals surface area contributed by atoms with E-state index in [1.807, 2.05) is 0 Å². The van der Waals surface area contributed by atoms with Gasteiger partial charge in [-0.2, -0.15) is 0 Å². The van der Waals surface area contributed by atoms with Gasteiger partial charge in [0, 0.05) is 33.3 Å². The van der Waals surface area contributed by atoms with Gasteiger partial charge in [-0.15, -0.1) is 0 Å². The lowest BCUT2D eigenvalue weighted by Crippen LogP contribution is -2.63. The molecule has 0 saturated heterocycles. The average Bonchev–Trinajstić information content (AvgIpc) is 2.75. The first-order chi connectivity index (χ1) is 17.3. The van der Waals surface area contributed by atoms with E-state index >= 15 is 0 Å². The van der Waals surface area contributed by atoms with Crippen molar-refractivity contribution in [3.8, 4) is 0 Å². The van der Waals surface area contributed by atoms with Crippen molar-refractivity contribution in [1.29, 1.82) is 0 Å². The van der Waals surface area contributed by atoms with E-state index < -0.39 is 0 Å². The fraction of sp³-hybridized carbons (Fsp3) is 0.882. The Morgan fingerprint density at radius 1 is 0.417 bits per heavy atom. The van der Waals surface area contributed by atoms with Crippen LogP contribution in [0.4, 0.5) is 0 Å². The Labute approximate surface area is 219 Å². The molecule has 0 heterocycles. The minimum atomic E-state index is 0.333. The monoisotopic (exact) mass is 486 g/mol. The van der Waals surface area contributed by atoms with Crippen LogP contribution in [0, 0.1) is 58.2 Å². The van der Waals surface area contributed by atoms with E-state index in [2.05, 4.69) is 10.6 Å². The van der Waals surface area contributed by atoms with Crippen LogP contribution in [0.15, 0.2) is 24.6 Å². The Balaban J connectivity index is 0.978. The second-order valence-electron chi connectivity index (χ2n) is 17.1. The molecular formula is C34H50N2. The molecule has 12 aliphatic rings. The summed E-state index contributed by atoms with van der Waals surface area (Å²) in [6.45, 7) is 9.86. The highest BCUT2D eigenvalue weighted by Gasteiger charge is 2.62. The molecule has 0 aliphatic heterocycles. The predicted molar refractivity (Wildman–Crippen MR) is 146 cm³/mol. The van der Waals surface area contributed by atoms with Crippen LogP contribution in [0.1, 0.15) is 116 Å². The Morgan fingerprint density at radius 3 is 1.00 bits per heavy atom. The number of nitrogens with one attached hydrogen (secondary N) is 2. The molecule has 0 spiro atoms. The average molecular weight is 487 g/mol. The normalized spacial score (nSPS) is 58.9. The highest BCUT2D eigenvalue weighted by atomic mass is 15.0. The quantitative estimate of drug-likeness (QED) is 0.401. The van der Waals surface area contributed by atoms with Gasteiger partial charge in [0.1, 0.15) is 0 Å². The maximum atomic E-state index is 4.93. The van der Waals surface area contributed by atoms with E-state index in [0.29, 0.717) is 21.9 Å². The zero-order chi connectivity index (χ0) is 23.9. The van der Waals surface area contributed by atoms with Crippen molar-refractivity contribution in [2.24, 2.45) is 58.2 Å². The highest BCUT2D eigenvalue weighted by Crippen LogP contribution is 2.69. The first-order valence-corrected chi connectivity index (χ1v) is 16.2. The Kier molecular flexibility index (Phi) is 4.26. The topological polar surface area (TPSA) is 24.1 Å². The molecule has 0 atom stereocenters. The molecule has 36 heavy (non-hydrogen) atoms. The lowest BCUT2D eigenvalue weighted by atomic mass is 9.42. The summed E-state index contributed by atoms with van der Waals surface area (Å²) in [5.41, 5.74) is 4.42. The summed E-state index contributed by atoms with van der Waals surface area (Å²) in [5.74, 6) is 7.82. The van der Waals surface area contributed by atoms with Crippen molar-refractivity contribution in [2.75, 3.05) is 0 Å². The Hall–Kier alpha value is -0.920. The molecule has 12 fully saturated rings. The van der Waals surface area contributed by atoms with Gasteiger partial charge in [-0.05, 0) is 163 Å². The molecule has 2 N–H and O–H groups in total. The molecule has 12 saturated carbocycles. The van der Waals surface area contributed by atoms with Gasteiger partial charge in [0.15, 0.2) is 0 Å². The maximum Gasteiger partial charge on any atom is 0.0378 e. The first kappa shape index (κ1) is 22.0. The molecule has 2 nitrogen and oxygen atoms in total. The summed E-state index contributed by atoms with van der Waals surface area (Å²) >= 11 is 0. The van der Waals surface area contributed by atoms with Gasteiger partial charge in [-0.1, -0.05) is 13.2 Å². The minimum Gasteiger partial charge on any atom is -0.383 e. The fourth-order valence-corrected chi connectivity index (χ4v) is 14.4. The van der Waals surface area contributed by atoms with Crippen LogP contribution in [-0.2, 0) is 0 Å². The van der Waals surface area contributed by atoms with Crippen molar-refractivity contribution in [3.05, 3.63) is 24.6 Å². The molecule has 12 rings (SSSR count). The minimum absolute atomic E-state index is 0.333. The van der Waals surface area contributed by atoms with E-state index in [-0.39, 0.29) is 0 Å². The molecule has 0 radical (unpaired) electrons. The third-order valence-corrected chi connectivity index (χ3v) is 14.3. The van der Waals surface area contributed by atoms with Crippen molar-refractivity contribution in [2.45, 2.75) is 127 Å². The van der Waals surface area contributed by atoms with Crippen LogP contribution in [0.25, 0.3) is 0 Å². The molecule has 196 valence electrons. The fourth-order valence-electron chi connectivity index (χ4n) is 14.4. The molecular weight excluding hydrogens is 436 g/mol. The third kappa shape index (κ3) is 3.08. The summed E-state index contributed by atoms with van der Waals surface area (Å²) in [5, 5.41) is 8.64. The standard InChI is InChI=1S/C34H50N2/c1-21(35-33-14-23-3-24(15-33)5-25(4-23)16-33)31-10-29-9-30(11-31)13-32(12-29,20-31)22(2)36-34-17-26-6-27(18-34)8-28(7-26)19-34/h23-30,35-36H,1-20H2. The van der Waals surface area contributed by atoms with Crippen LogP contribution in [0.3, 0.4) is 0 Å². The van der Waals surface area contributed by atoms with Gasteiger partial charge in [0.05, 0.1) is 0 Å². The summed E-state index contributed by atoms with van der Waals surface area (Å²) in [7, 11) is 0. The van der Waals surface area contributed by atoms with Crippen molar-refractivity contribution in [3.63, 3.8) is 0 Å². The van der Waals surface area contributed by atoms with E-state index in [4.69, 9.17) is 13.2 Å². The van der Waals surface area contributed by atoms with Gasteiger partial charge in [0.25, 0.3) is 0 Å². The lowest BCUT2D eigenvalue weighted by molar-refractivity contribution is -0.0909. The third-order valence-electron chi connectivity index (χ3n) is 14.3. The predicted octanol–water partition coefficient (Wildman–Crippen LogP) is 7.72. The number of rotatable bonds is 6. The van der Waals surface area contributed by atoms with Crippen LogP contribution in [0.5, 0.6) is 0 Å². The van der Waals surface area contributed by atoms with Gasteiger partial charge >= 0.3 is 0 Å². The van der Waals surface area contributed by atoms with Gasteiger partial charge in [-0.25, -0.2) is 0 Å². The van der Waals surface area contributed by atoms with E-state index in [9.17, 15) is 0 Å². The van der Waals surface area contributed by atoms with Crippen LogP contribution in [0.2, 0.25) is 0 Å².